The van der Waals surface area contributed by atoms with Gasteiger partial charge in [-0.3, -0.25) is 4.79 Å². The highest BCUT2D eigenvalue weighted by molar-refractivity contribution is 7.20. The van der Waals surface area contributed by atoms with Crippen LogP contribution in [-0.4, -0.2) is 36.2 Å². The van der Waals surface area contributed by atoms with E-state index in [0.717, 1.165) is 10.2 Å². The maximum absolute atomic E-state index is 12.5. The third kappa shape index (κ3) is 7.58. The molecule has 3 aromatic carbocycles. The molecule has 4 rings (SSSR count). The Morgan fingerprint density at radius 2 is 1.62 bits per heavy atom. The van der Waals surface area contributed by atoms with Crippen molar-refractivity contribution >= 4 is 45.1 Å². The molecule has 0 saturated heterocycles. The Balaban J connectivity index is 1.25. The Bertz CT molecular complexity index is 1360. The van der Waals surface area contributed by atoms with E-state index >= 15 is 0 Å². The lowest BCUT2D eigenvalue weighted by Gasteiger charge is -2.14. The van der Waals surface area contributed by atoms with Crippen LogP contribution >= 0.6 is 22.9 Å². The highest BCUT2D eigenvalue weighted by Gasteiger charge is 2.18. The van der Waals surface area contributed by atoms with Gasteiger partial charge >= 0.3 is 11.9 Å². The number of carbonyl (C=O) groups is 2. The van der Waals surface area contributed by atoms with E-state index in [0.29, 0.717) is 39.8 Å². The first-order valence-electron chi connectivity index (χ1n) is 11.5. The molecule has 1 aromatic heterocycles. The number of ether oxygens (including phenoxy) is 5. The van der Waals surface area contributed by atoms with Gasteiger partial charge in [-0.2, -0.15) is 0 Å². The van der Waals surface area contributed by atoms with Gasteiger partial charge in [-0.15, -0.1) is 0 Å². The number of rotatable bonds is 11. The van der Waals surface area contributed by atoms with Crippen LogP contribution in [0.2, 0.25) is 5.02 Å². The lowest BCUT2D eigenvalue weighted by atomic mass is 10.3. The Kier molecular flexibility index (Phi) is 8.81. The monoisotopic (exact) mass is 541 g/mol. The number of benzene rings is 3. The van der Waals surface area contributed by atoms with E-state index in [-0.39, 0.29) is 19.0 Å². The van der Waals surface area contributed by atoms with Crippen LogP contribution in [0.15, 0.2) is 66.7 Å². The van der Waals surface area contributed by atoms with Crippen LogP contribution in [0.25, 0.3) is 10.2 Å². The summed E-state index contributed by atoms with van der Waals surface area (Å²) in [5.74, 6) is 1.09. The van der Waals surface area contributed by atoms with Crippen LogP contribution in [0.5, 0.6) is 28.2 Å². The summed E-state index contributed by atoms with van der Waals surface area (Å²) in [7, 11) is 0. The molecule has 10 heteroatoms. The highest BCUT2D eigenvalue weighted by Crippen LogP contribution is 2.33. The molecule has 192 valence electrons. The fourth-order valence-electron chi connectivity index (χ4n) is 3.15. The van der Waals surface area contributed by atoms with Crippen molar-refractivity contribution in [1.29, 1.82) is 0 Å². The Morgan fingerprint density at radius 1 is 0.946 bits per heavy atom. The molecule has 0 radical (unpaired) electrons. The van der Waals surface area contributed by atoms with Crippen molar-refractivity contribution in [2.75, 3.05) is 13.2 Å². The molecule has 1 unspecified atom stereocenters. The van der Waals surface area contributed by atoms with Crippen LogP contribution < -0.4 is 18.9 Å². The van der Waals surface area contributed by atoms with Crippen LogP contribution in [0.3, 0.4) is 0 Å². The van der Waals surface area contributed by atoms with Crippen molar-refractivity contribution in [1.82, 2.24) is 4.98 Å². The number of thiazole rings is 1. The largest absolute Gasteiger partial charge is 0.493 e. The average molecular weight is 542 g/mol. The maximum Gasteiger partial charge on any atom is 0.352 e. The van der Waals surface area contributed by atoms with Gasteiger partial charge in [0.1, 0.15) is 23.0 Å². The van der Waals surface area contributed by atoms with E-state index in [2.05, 4.69) is 4.98 Å². The summed E-state index contributed by atoms with van der Waals surface area (Å²) in [4.78, 5) is 28.2. The highest BCUT2D eigenvalue weighted by atomic mass is 35.5. The molecular weight excluding hydrogens is 518 g/mol. The number of hydrogen-bond acceptors (Lipinski definition) is 9. The third-order valence-electron chi connectivity index (χ3n) is 4.93. The average Bonchev–Trinajstić information content (AvgIpc) is 3.27. The van der Waals surface area contributed by atoms with Gasteiger partial charge in [-0.1, -0.05) is 22.9 Å². The fraction of sp³-hybridized carbons (Fsp3) is 0.222. The molecule has 4 aromatic rings. The molecule has 1 heterocycles. The second-order valence-corrected chi connectivity index (χ2v) is 9.15. The van der Waals surface area contributed by atoms with Gasteiger partial charge in [-0.05, 0) is 80.6 Å². The Morgan fingerprint density at radius 3 is 2.35 bits per heavy atom. The summed E-state index contributed by atoms with van der Waals surface area (Å²) in [6, 6.07) is 18.8. The second kappa shape index (κ2) is 12.4. The van der Waals surface area contributed by atoms with Crippen LogP contribution in [0, 0.1) is 0 Å². The summed E-state index contributed by atoms with van der Waals surface area (Å²) in [5, 5.41) is 1.14. The topological polar surface area (TPSA) is 93.2 Å². The number of carbonyl (C=O) groups excluding carboxylic acids is 2. The van der Waals surface area contributed by atoms with Gasteiger partial charge < -0.3 is 23.7 Å². The van der Waals surface area contributed by atoms with Crippen LogP contribution in [0.4, 0.5) is 0 Å². The van der Waals surface area contributed by atoms with Crippen LogP contribution in [0.1, 0.15) is 20.3 Å². The fourth-order valence-corrected chi connectivity index (χ4v) is 4.26. The normalized spacial score (nSPS) is 11.5. The molecule has 0 aliphatic carbocycles. The molecule has 0 fully saturated rings. The predicted octanol–water partition coefficient (Wildman–Crippen LogP) is 6.45. The number of halogens is 1. The van der Waals surface area contributed by atoms with Gasteiger partial charge in [0.15, 0.2) is 6.10 Å². The summed E-state index contributed by atoms with van der Waals surface area (Å²) >= 11 is 7.42. The van der Waals surface area contributed by atoms with E-state index in [9.17, 15) is 9.59 Å². The third-order valence-corrected chi connectivity index (χ3v) is 6.06. The lowest BCUT2D eigenvalue weighted by Crippen LogP contribution is -2.28. The van der Waals surface area contributed by atoms with E-state index in [4.69, 9.17) is 35.3 Å². The molecule has 0 spiro atoms. The Labute approximate surface area is 222 Å². The maximum atomic E-state index is 12.5. The zero-order chi connectivity index (χ0) is 26.2. The number of nitrogens with zero attached hydrogens (tertiary/aromatic N) is 1. The standard InChI is InChI=1S/C27H24ClNO7S/c1-3-32-25(30)14-15-33-19-5-7-21(8-6-19)35-26(31)17(2)34-20-9-11-22(12-10-20)36-27-29-23-13-4-18(28)16-24(23)37-27/h4-13,16-17H,3,14-15H2,1-2H3. The van der Waals surface area contributed by atoms with Gasteiger partial charge in [0, 0.05) is 5.02 Å². The van der Waals surface area contributed by atoms with Crippen LogP contribution in [-0.2, 0) is 14.3 Å². The minimum atomic E-state index is -0.846. The molecule has 0 aliphatic heterocycles. The Hall–Kier alpha value is -3.82. The summed E-state index contributed by atoms with van der Waals surface area (Å²) in [6.45, 7) is 3.88. The SMILES string of the molecule is CCOC(=O)CCOc1ccc(OC(=O)C(C)Oc2ccc(Oc3nc4ccc(Cl)cc4s3)cc2)cc1. The number of hydrogen-bond donors (Lipinski definition) is 0. The minimum Gasteiger partial charge on any atom is -0.493 e. The molecule has 37 heavy (non-hydrogen) atoms. The van der Waals surface area contributed by atoms with Crippen molar-refractivity contribution in [3.05, 3.63) is 71.8 Å². The van der Waals surface area contributed by atoms with Gasteiger partial charge in [0.25, 0.3) is 5.19 Å². The smallest absolute Gasteiger partial charge is 0.352 e. The van der Waals surface area contributed by atoms with E-state index in [1.165, 1.54) is 11.3 Å². The molecule has 0 bridgehead atoms. The summed E-state index contributed by atoms with van der Waals surface area (Å²) in [5.41, 5.74) is 0.813. The first-order chi connectivity index (χ1) is 17.9. The number of aromatic nitrogens is 1. The molecule has 0 saturated carbocycles. The summed E-state index contributed by atoms with van der Waals surface area (Å²) in [6.07, 6.45) is -0.689. The number of esters is 2. The molecule has 0 amide bonds. The number of fused-ring (bicyclic) bond motifs is 1. The molecule has 8 nitrogen and oxygen atoms in total. The molecule has 0 aliphatic rings. The van der Waals surface area contributed by atoms with E-state index in [1.54, 1.807) is 68.4 Å². The first-order valence-corrected chi connectivity index (χ1v) is 12.7. The lowest BCUT2D eigenvalue weighted by molar-refractivity contribution is -0.144. The van der Waals surface area contributed by atoms with E-state index in [1.807, 2.05) is 12.1 Å². The second-order valence-electron chi connectivity index (χ2n) is 7.72. The predicted molar refractivity (Wildman–Crippen MR) is 140 cm³/mol. The first kappa shape index (κ1) is 26.2. The van der Waals surface area contributed by atoms with E-state index < -0.39 is 12.1 Å². The van der Waals surface area contributed by atoms with Crippen molar-refractivity contribution in [2.24, 2.45) is 0 Å². The van der Waals surface area contributed by atoms with Crippen molar-refractivity contribution < 1.29 is 33.3 Å². The molecular formula is C27H24ClNO7S. The summed E-state index contributed by atoms with van der Waals surface area (Å²) < 4.78 is 28.2. The van der Waals surface area contributed by atoms with Crippen molar-refractivity contribution in [3.8, 4) is 28.2 Å². The van der Waals surface area contributed by atoms with Crippen molar-refractivity contribution in [3.63, 3.8) is 0 Å². The zero-order valence-corrected chi connectivity index (χ0v) is 21.7. The quantitative estimate of drug-likeness (QED) is 0.158. The van der Waals surface area contributed by atoms with Crippen molar-refractivity contribution in [2.45, 2.75) is 26.4 Å². The van der Waals surface area contributed by atoms with Gasteiger partial charge in [0.05, 0.1) is 29.9 Å². The zero-order valence-electron chi connectivity index (χ0n) is 20.1. The molecule has 1 atom stereocenters. The molecule has 0 N–H and O–H groups in total. The van der Waals surface area contributed by atoms with Gasteiger partial charge in [-0.25, -0.2) is 9.78 Å². The van der Waals surface area contributed by atoms with Gasteiger partial charge in [0.2, 0.25) is 0 Å². The minimum absolute atomic E-state index is 0.157.